The Kier molecular flexibility index (Phi) is 5.32. The average Bonchev–Trinajstić information content (AvgIpc) is 3.38. The SMILES string of the molecule is N#Cc1ccc(NC(=O)C(N)[C@@H]2CC3C[C@H](c4ccnc5ccc(F)cc45)C[C@@H]3C2)nc1. The summed E-state index contributed by atoms with van der Waals surface area (Å²) in [6, 6.07) is 11.4. The maximum absolute atomic E-state index is 13.8. The van der Waals surface area contributed by atoms with Gasteiger partial charge in [-0.3, -0.25) is 9.78 Å². The van der Waals surface area contributed by atoms with E-state index in [0.29, 0.717) is 29.1 Å². The molecule has 3 aromatic rings. The molecular weight excluding hydrogens is 405 g/mol. The molecule has 2 unspecified atom stereocenters. The van der Waals surface area contributed by atoms with Gasteiger partial charge in [-0.1, -0.05) is 0 Å². The number of carbonyl (C=O) groups excluding carboxylic acids is 1. The molecule has 3 N–H and O–H groups in total. The van der Waals surface area contributed by atoms with Crippen molar-refractivity contribution < 1.29 is 9.18 Å². The number of nitrogens with two attached hydrogens (primary N) is 1. The van der Waals surface area contributed by atoms with E-state index in [1.807, 2.05) is 18.3 Å². The van der Waals surface area contributed by atoms with Crippen LogP contribution in [0.2, 0.25) is 0 Å². The number of pyridine rings is 2. The van der Waals surface area contributed by atoms with Crippen molar-refractivity contribution in [1.29, 1.82) is 5.26 Å². The number of benzene rings is 1. The van der Waals surface area contributed by atoms with Gasteiger partial charge in [0.25, 0.3) is 0 Å². The molecule has 2 aromatic heterocycles. The maximum Gasteiger partial charge on any atom is 0.242 e. The normalized spacial score (nSPS) is 25.3. The quantitative estimate of drug-likeness (QED) is 0.649. The fraction of sp³-hybridized carbons (Fsp3) is 0.360. The highest BCUT2D eigenvalue weighted by molar-refractivity contribution is 5.94. The largest absolute Gasteiger partial charge is 0.320 e. The molecule has 2 aliphatic carbocycles. The summed E-state index contributed by atoms with van der Waals surface area (Å²) in [6.07, 6.45) is 7.15. The van der Waals surface area contributed by atoms with E-state index in [2.05, 4.69) is 15.3 Å². The third-order valence-corrected chi connectivity index (χ3v) is 7.18. The Labute approximate surface area is 185 Å². The zero-order chi connectivity index (χ0) is 22.2. The first-order chi connectivity index (χ1) is 15.5. The van der Waals surface area contributed by atoms with Gasteiger partial charge in [0.05, 0.1) is 17.1 Å². The molecule has 2 saturated carbocycles. The van der Waals surface area contributed by atoms with Crippen molar-refractivity contribution in [2.75, 3.05) is 5.32 Å². The highest BCUT2D eigenvalue weighted by Gasteiger charge is 2.45. The number of hydrogen-bond acceptors (Lipinski definition) is 5. The van der Waals surface area contributed by atoms with Crippen LogP contribution in [0.4, 0.5) is 10.2 Å². The zero-order valence-electron chi connectivity index (χ0n) is 17.5. The van der Waals surface area contributed by atoms with Crippen molar-refractivity contribution in [2.45, 2.75) is 37.6 Å². The summed E-state index contributed by atoms with van der Waals surface area (Å²) in [5.41, 5.74) is 8.77. The van der Waals surface area contributed by atoms with E-state index in [-0.39, 0.29) is 17.6 Å². The van der Waals surface area contributed by atoms with Crippen LogP contribution < -0.4 is 11.1 Å². The van der Waals surface area contributed by atoms with Crippen LogP contribution in [0.5, 0.6) is 0 Å². The number of nitrogens with zero attached hydrogens (tertiary/aromatic N) is 3. The molecule has 5 rings (SSSR count). The fourth-order valence-electron chi connectivity index (χ4n) is 5.66. The number of nitrogens with one attached hydrogen (secondary N) is 1. The number of hydrogen-bond donors (Lipinski definition) is 2. The lowest BCUT2D eigenvalue weighted by molar-refractivity contribution is -0.118. The predicted octanol–water partition coefficient (Wildman–Crippen LogP) is 4.13. The average molecular weight is 429 g/mol. The Bertz CT molecular complexity index is 1190. The number of rotatable bonds is 4. The second kappa shape index (κ2) is 8.29. The number of fused-ring (bicyclic) bond motifs is 2. The van der Waals surface area contributed by atoms with Crippen molar-refractivity contribution in [3.8, 4) is 6.07 Å². The maximum atomic E-state index is 13.8. The topological polar surface area (TPSA) is 105 Å². The van der Waals surface area contributed by atoms with Gasteiger partial charge in [0.15, 0.2) is 0 Å². The Morgan fingerprint density at radius 3 is 2.59 bits per heavy atom. The third-order valence-electron chi connectivity index (χ3n) is 7.18. The minimum Gasteiger partial charge on any atom is -0.320 e. The summed E-state index contributed by atoms with van der Waals surface area (Å²) in [4.78, 5) is 21.1. The summed E-state index contributed by atoms with van der Waals surface area (Å²) in [5.74, 6) is 1.49. The summed E-state index contributed by atoms with van der Waals surface area (Å²) in [7, 11) is 0. The minimum absolute atomic E-state index is 0.135. The second-order valence-electron chi connectivity index (χ2n) is 9.04. The van der Waals surface area contributed by atoms with Crippen LogP contribution in [-0.4, -0.2) is 21.9 Å². The lowest BCUT2D eigenvalue weighted by Crippen LogP contribution is -2.41. The van der Waals surface area contributed by atoms with Gasteiger partial charge in [-0.25, -0.2) is 9.37 Å². The molecule has 0 radical (unpaired) electrons. The highest BCUT2D eigenvalue weighted by Crippen LogP contribution is 2.53. The Morgan fingerprint density at radius 1 is 1.12 bits per heavy atom. The zero-order valence-corrected chi connectivity index (χ0v) is 17.5. The number of nitriles is 1. The van der Waals surface area contributed by atoms with Crippen molar-refractivity contribution in [3.05, 3.63) is 65.7 Å². The number of aromatic nitrogens is 2. The van der Waals surface area contributed by atoms with Gasteiger partial charge in [-0.05, 0) is 91.3 Å². The van der Waals surface area contributed by atoms with Crippen molar-refractivity contribution in [1.82, 2.24) is 9.97 Å². The van der Waals surface area contributed by atoms with Crippen LogP contribution in [0.25, 0.3) is 10.9 Å². The van der Waals surface area contributed by atoms with Gasteiger partial charge in [0, 0.05) is 17.8 Å². The van der Waals surface area contributed by atoms with Crippen LogP contribution in [0.15, 0.2) is 48.8 Å². The fourth-order valence-corrected chi connectivity index (χ4v) is 5.66. The predicted molar refractivity (Wildman–Crippen MR) is 119 cm³/mol. The first-order valence-corrected chi connectivity index (χ1v) is 11.0. The van der Waals surface area contributed by atoms with Gasteiger partial charge in [-0.15, -0.1) is 0 Å². The Hall–Kier alpha value is -3.37. The molecule has 0 saturated heterocycles. The van der Waals surface area contributed by atoms with Crippen molar-refractivity contribution in [2.24, 2.45) is 23.5 Å². The standard InChI is InChI=1S/C25H24FN5O/c26-19-2-3-22-21(11-19)20(5-6-29-22)17-7-15-9-18(10-16(15)8-17)24(28)25(32)31-23-4-1-14(12-27)13-30-23/h1-6,11,13,15-18,24H,7-10,28H2,(H,30,31,32)/t15-,16?,17-,18+,24?/m1/s1. The van der Waals surface area contributed by atoms with E-state index in [9.17, 15) is 9.18 Å². The number of amides is 1. The van der Waals surface area contributed by atoms with Crippen LogP contribution >= 0.6 is 0 Å². The van der Waals surface area contributed by atoms with E-state index in [4.69, 9.17) is 11.0 Å². The molecule has 2 fully saturated rings. The van der Waals surface area contributed by atoms with E-state index in [1.54, 1.807) is 24.3 Å². The molecule has 0 bridgehead atoms. The molecule has 6 nitrogen and oxygen atoms in total. The molecule has 2 aliphatic rings. The molecule has 32 heavy (non-hydrogen) atoms. The number of carbonyl (C=O) groups is 1. The van der Waals surface area contributed by atoms with E-state index < -0.39 is 6.04 Å². The van der Waals surface area contributed by atoms with Crippen LogP contribution in [0.1, 0.15) is 42.7 Å². The van der Waals surface area contributed by atoms with E-state index in [1.165, 1.54) is 17.8 Å². The summed E-state index contributed by atoms with van der Waals surface area (Å²) >= 11 is 0. The van der Waals surface area contributed by atoms with Crippen LogP contribution in [0.3, 0.4) is 0 Å². The number of halogens is 1. The molecule has 5 atom stereocenters. The molecule has 1 amide bonds. The summed E-state index contributed by atoms with van der Waals surface area (Å²) < 4.78 is 13.8. The molecule has 2 heterocycles. The van der Waals surface area contributed by atoms with Gasteiger partial charge in [-0.2, -0.15) is 5.26 Å². The minimum atomic E-state index is -0.590. The van der Waals surface area contributed by atoms with Gasteiger partial charge < -0.3 is 11.1 Å². The first-order valence-electron chi connectivity index (χ1n) is 11.0. The van der Waals surface area contributed by atoms with E-state index >= 15 is 0 Å². The monoisotopic (exact) mass is 429 g/mol. The molecule has 162 valence electrons. The molecule has 1 aromatic carbocycles. The lowest BCUT2D eigenvalue weighted by atomic mass is 9.88. The molecule has 7 heteroatoms. The first kappa shape index (κ1) is 20.5. The molecule has 0 aliphatic heterocycles. The third kappa shape index (κ3) is 3.82. The lowest BCUT2D eigenvalue weighted by Gasteiger charge is -2.21. The Balaban J connectivity index is 1.23. The Morgan fingerprint density at radius 2 is 1.91 bits per heavy atom. The summed E-state index contributed by atoms with van der Waals surface area (Å²) in [6.45, 7) is 0. The smallest absolute Gasteiger partial charge is 0.242 e. The van der Waals surface area contributed by atoms with Gasteiger partial charge in [0.1, 0.15) is 17.7 Å². The van der Waals surface area contributed by atoms with Crippen LogP contribution in [-0.2, 0) is 4.79 Å². The highest BCUT2D eigenvalue weighted by atomic mass is 19.1. The van der Waals surface area contributed by atoms with Gasteiger partial charge in [0.2, 0.25) is 5.91 Å². The van der Waals surface area contributed by atoms with Crippen LogP contribution in [0, 0.1) is 34.9 Å². The number of anilines is 1. The van der Waals surface area contributed by atoms with E-state index in [0.717, 1.165) is 36.6 Å². The second-order valence-corrected chi connectivity index (χ2v) is 9.04. The van der Waals surface area contributed by atoms with Crippen molar-refractivity contribution >= 4 is 22.6 Å². The van der Waals surface area contributed by atoms with Crippen molar-refractivity contribution in [3.63, 3.8) is 0 Å². The molecule has 0 spiro atoms. The molecular formula is C25H24FN5O. The van der Waals surface area contributed by atoms with Gasteiger partial charge >= 0.3 is 0 Å². The summed E-state index contributed by atoms with van der Waals surface area (Å²) in [5, 5.41) is 12.5.